The van der Waals surface area contributed by atoms with Gasteiger partial charge in [0, 0.05) is 19.7 Å². The van der Waals surface area contributed by atoms with Crippen LogP contribution in [0.2, 0.25) is 0 Å². The first kappa shape index (κ1) is 14.4. The van der Waals surface area contributed by atoms with E-state index in [1.165, 1.54) is 0 Å². The molecule has 2 N–H and O–H groups in total. The van der Waals surface area contributed by atoms with Gasteiger partial charge in [-0.05, 0) is 26.2 Å². The van der Waals surface area contributed by atoms with Crippen molar-refractivity contribution in [3.63, 3.8) is 0 Å². The fourth-order valence-corrected chi connectivity index (χ4v) is 1.96. The molecule has 0 saturated carbocycles. The van der Waals surface area contributed by atoms with E-state index in [0.29, 0.717) is 19.1 Å². The van der Waals surface area contributed by atoms with E-state index in [1.54, 1.807) is 6.92 Å². The summed E-state index contributed by atoms with van der Waals surface area (Å²) in [5.41, 5.74) is 0. The van der Waals surface area contributed by atoms with Crippen LogP contribution in [0.3, 0.4) is 0 Å². The van der Waals surface area contributed by atoms with Gasteiger partial charge in [-0.3, -0.25) is 4.79 Å². The number of ether oxygens (including phenoxy) is 2. The fourth-order valence-electron chi connectivity index (χ4n) is 1.96. The predicted molar refractivity (Wildman–Crippen MR) is 63.6 cm³/mol. The molecule has 3 atom stereocenters. The fraction of sp³-hybridized carbons (Fsp3) is 0.917. The van der Waals surface area contributed by atoms with Crippen LogP contribution in [0.15, 0.2) is 0 Å². The Morgan fingerprint density at radius 2 is 2.41 bits per heavy atom. The van der Waals surface area contributed by atoms with Gasteiger partial charge < -0.3 is 19.9 Å². The third-order valence-corrected chi connectivity index (χ3v) is 3.03. The topological polar surface area (TPSA) is 67.8 Å². The standard InChI is InChI=1S/C12H23NO4/c1-3-16-12(15)6-11(14)8-13-7-10-4-5-17-9(10)2/h9-11,13-14H,3-8H2,1-2H3. The second-order valence-corrected chi connectivity index (χ2v) is 4.45. The van der Waals surface area contributed by atoms with Crippen LogP contribution >= 0.6 is 0 Å². The highest BCUT2D eigenvalue weighted by Gasteiger charge is 2.23. The smallest absolute Gasteiger partial charge is 0.308 e. The molecule has 0 aromatic heterocycles. The van der Waals surface area contributed by atoms with Gasteiger partial charge in [0.1, 0.15) is 0 Å². The van der Waals surface area contributed by atoms with Crippen LogP contribution in [-0.4, -0.2) is 49.6 Å². The average Bonchev–Trinajstić information content (AvgIpc) is 2.64. The van der Waals surface area contributed by atoms with E-state index in [-0.39, 0.29) is 18.5 Å². The molecule has 0 radical (unpaired) electrons. The van der Waals surface area contributed by atoms with E-state index in [0.717, 1.165) is 19.6 Å². The second kappa shape index (κ2) is 7.63. The Morgan fingerprint density at radius 3 is 3.00 bits per heavy atom. The summed E-state index contributed by atoms with van der Waals surface area (Å²) in [6, 6.07) is 0. The van der Waals surface area contributed by atoms with Gasteiger partial charge in [0.15, 0.2) is 0 Å². The zero-order chi connectivity index (χ0) is 12.7. The molecule has 1 aliphatic heterocycles. The summed E-state index contributed by atoms with van der Waals surface area (Å²) >= 11 is 0. The van der Waals surface area contributed by atoms with Gasteiger partial charge in [0.05, 0.1) is 25.2 Å². The zero-order valence-electron chi connectivity index (χ0n) is 10.6. The summed E-state index contributed by atoms with van der Waals surface area (Å²) < 4.78 is 10.2. The van der Waals surface area contributed by atoms with E-state index in [1.807, 2.05) is 0 Å². The molecule has 17 heavy (non-hydrogen) atoms. The first-order valence-electron chi connectivity index (χ1n) is 6.29. The maximum absolute atomic E-state index is 11.1. The Balaban J connectivity index is 2.07. The van der Waals surface area contributed by atoms with E-state index in [2.05, 4.69) is 12.2 Å². The zero-order valence-corrected chi connectivity index (χ0v) is 10.6. The first-order chi connectivity index (χ1) is 8.13. The predicted octanol–water partition coefficient (Wildman–Crippen LogP) is 0.315. The van der Waals surface area contributed by atoms with Gasteiger partial charge in [-0.1, -0.05) is 0 Å². The lowest BCUT2D eigenvalue weighted by Gasteiger charge is -2.16. The summed E-state index contributed by atoms with van der Waals surface area (Å²) in [4.78, 5) is 11.1. The van der Waals surface area contributed by atoms with Crippen molar-refractivity contribution in [2.24, 2.45) is 5.92 Å². The van der Waals surface area contributed by atoms with Crippen molar-refractivity contribution in [3.05, 3.63) is 0 Å². The van der Waals surface area contributed by atoms with Gasteiger partial charge in [0.2, 0.25) is 0 Å². The maximum atomic E-state index is 11.1. The highest BCUT2D eigenvalue weighted by Crippen LogP contribution is 2.19. The number of nitrogens with one attached hydrogen (secondary N) is 1. The van der Waals surface area contributed by atoms with Gasteiger partial charge in [-0.2, -0.15) is 0 Å². The highest BCUT2D eigenvalue weighted by molar-refractivity contribution is 5.69. The number of carbonyl (C=O) groups is 1. The molecule has 1 aliphatic rings. The lowest BCUT2D eigenvalue weighted by atomic mass is 10.0. The van der Waals surface area contributed by atoms with E-state index < -0.39 is 6.10 Å². The molecule has 5 nitrogen and oxygen atoms in total. The Bertz CT molecular complexity index is 235. The number of aliphatic hydroxyl groups is 1. The maximum Gasteiger partial charge on any atom is 0.308 e. The molecule has 0 aromatic carbocycles. The summed E-state index contributed by atoms with van der Waals surface area (Å²) in [7, 11) is 0. The normalized spacial score (nSPS) is 25.8. The second-order valence-electron chi connectivity index (χ2n) is 4.45. The molecular formula is C12H23NO4. The number of rotatable bonds is 7. The average molecular weight is 245 g/mol. The monoisotopic (exact) mass is 245 g/mol. The Kier molecular flexibility index (Phi) is 6.47. The SMILES string of the molecule is CCOC(=O)CC(O)CNCC1CCOC1C. The lowest BCUT2D eigenvalue weighted by Crippen LogP contribution is -2.34. The third-order valence-electron chi connectivity index (χ3n) is 3.03. The van der Waals surface area contributed by atoms with Gasteiger partial charge in [-0.15, -0.1) is 0 Å². The van der Waals surface area contributed by atoms with Crippen molar-refractivity contribution in [1.29, 1.82) is 0 Å². The van der Waals surface area contributed by atoms with Gasteiger partial charge in [-0.25, -0.2) is 0 Å². The number of carbonyl (C=O) groups excluding carboxylic acids is 1. The number of hydrogen-bond acceptors (Lipinski definition) is 5. The van der Waals surface area contributed by atoms with Crippen LogP contribution in [0, 0.1) is 5.92 Å². The largest absolute Gasteiger partial charge is 0.466 e. The van der Waals surface area contributed by atoms with Crippen LogP contribution in [0.1, 0.15) is 26.7 Å². The van der Waals surface area contributed by atoms with Crippen LogP contribution < -0.4 is 5.32 Å². The van der Waals surface area contributed by atoms with Gasteiger partial charge >= 0.3 is 5.97 Å². The number of hydrogen-bond donors (Lipinski definition) is 2. The molecule has 0 aliphatic carbocycles. The molecule has 0 spiro atoms. The first-order valence-corrected chi connectivity index (χ1v) is 6.29. The van der Waals surface area contributed by atoms with E-state index >= 15 is 0 Å². The summed E-state index contributed by atoms with van der Waals surface area (Å²) in [6.45, 7) is 6.23. The van der Waals surface area contributed by atoms with Crippen LogP contribution in [-0.2, 0) is 14.3 Å². The molecule has 5 heteroatoms. The lowest BCUT2D eigenvalue weighted by molar-refractivity contribution is -0.145. The molecule has 100 valence electrons. The summed E-state index contributed by atoms with van der Waals surface area (Å²) in [5, 5.41) is 12.8. The van der Waals surface area contributed by atoms with Crippen molar-refractivity contribution >= 4 is 5.97 Å². The quantitative estimate of drug-likeness (QED) is 0.632. The molecular weight excluding hydrogens is 222 g/mol. The van der Waals surface area contributed by atoms with E-state index in [9.17, 15) is 9.90 Å². The van der Waals surface area contributed by atoms with Crippen molar-refractivity contribution in [3.8, 4) is 0 Å². The minimum Gasteiger partial charge on any atom is -0.466 e. The number of esters is 1. The molecule has 1 saturated heterocycles. The molecule has 0 bridgehead atoms. The Hall–Kier alpha value is -0.650. The molecule has 0 aromatic rings. The van der Waals surface area contributed by atoms with Crippen molar-refractivity contribution in [2.45, 2.75) is 38.9 Å². The molecule has 1 fully saturated rings. The van der Waals surface area contributed by atoms with Crippen LogP contribution in [0.5, 0.6) is 0 Å². The van der Waals surface area contributed by atoms with Crippen LogP contribution in [0.4, 0.5) is 0 Å². The molecule has 3 unspecified atom stereocenters. The Labute approximate surface area is 102 Å². The molecule has 0 amide bonds. The van der Waals surface area contributed by atoms with Crippen LogP contribution in [0.25, 0.3) is 0 Å². The molecule has 1 heterocycles. The van der Waals surface area contributed by atoms with E-state index in [4.69, 9.17) is 9.47 Å². The van der Waals surface area contributed by atoms with Gasteiger partial charge in [0.25, 0.3) is 0 Å². The molecule has 1 rings (SSSR count). The minimum absolute atomic E-state index is 0.0531. The van der Waals surface area contributed by atoms with Crippen molar-refractivity contribution in [1.82, 2.24) is 5.32 Å². The number of aliphatic hydroxyl groups excluding tert-OH is 1. The Morgan fingerprint density at radius 1 is 1.65 bits per heavy atom. The summed E-state index contributed by atoms with van der Waals surface area (Å²) in [6.07, 6.45) is 0.719. The van der Waals surface area contributed by atoms with Crippen molar-refractivity contribution in [2.75, 3.05) is 26.3 Å². The van der Waals surface area contributed by atoms with Crippen molar-refractivity contribution < 1.29 is 19.4 Å². The minimum atomic E-state index is -0.674. The summed E-state index contributed by atoms with van der Waals surface area (Å²) in [5.74, 6) is 0.157. The third kappa shape index (κ3) is 5.48. The highest BCUT2D eigenvalue weighted by atomic mass is 16.5.